The van der Waals surface area contributed by atoms with Crippen LogP contribution in [0.2, 0.25) is 0 Å². The lowest BCUT2D eigenvalue weighted by Crippen LogP contribution is -2.58. The van der Waals surface area contributed by atoms with E-state index in [-0.39, 0.29) is 30.2 Å². The van der Waals surface area contributed by atoms with Crippen molar-refractivity contribution in [2.24, 2.45) is 16.8 Å². The zero-order chi connectivity index (χ0) is 34.2. The number of allylic oxidation sites excluding steroid dienone is 8. The molecule has 3 heterocycles. The van der Waals surface area contributed by atoms with Gasteiger partial charge in [0, 0.05) is 39.7 Å². The summed E-state index contributed by atoms with van der Waals surface area (Å²) < 4.78 is 2.42. The van der Waals surface area contributed by atoms with Crippen LogP contribution < -0.4 is 26.1 Å². The predicted octanol–water partition coefficient (Wildman–Crippen LogP) is 7.85. The van der Waals surface area contributed by atoms with Gasteiger partial charge in [0.1, 0.15) is 6.17 Å². The molecule has 6 atom stereocenters. The Kier molecular flexibility index (Phi) is 6.77. The monoisotopic (exact) mass is 673 g/mol. The number of hydrogen-bond donors (Lipinski definition) is 2. The van der Waals surface area contributed by atoms with E-state index in [1.165, 1.54) is 60.3 Å². The van der Waals surface area contributed by atoms with E-state index >= 15 is 0 Å². The fourth-order valence-electron chi connectivity index (χ4n) is 9.54. The number of benzene rings is 4. The van der Waals surface area contributed by atoms with E-state index in [1.54, 1.807) is 0 Å². The Morgan fingerprint density at radius 3 is 2.42 bits per heavy atom. The third-order valence-corrected chi connectivity index (χ3v) is 11.9. The first-order valence-corrected chi connectivity index (χ1v) is 18.7. The normalized spacial score (nSPS) is 26.7. The number of aliphatic imine (C=N–C) groups is 1. The van der Waals surface area contributed by atoms with Crippen LogP contribution in [0.4, 0.5) is 5.69 Å². The van der Waals surface area contributed by atoms with Crippen molar-refractivity contribution < 1.29 is 0 Å². The third kappa shape index (κ3) is 4.49. The second-order valence-electron chi connectivity index (χ2n) is 14.7. The van der Waals surface area contributed by atoms with Gasteiger partial charge in [0.2, 0.25) is 5.96 Å². The van der Waals surface area contributed by atoms with Crippen LogP contribution >= 0.6 is 0 Å². The Hall–Kier alpha value is -5.91. The number of anilines is 1. The Labute approximate surface area is 303 Å². The molecule has 5 heteroatoms. The largest absolute Gasteiger partial charge is 0.340 e. The van der Waals surface area contributed by atoms with Gasteiger partial charge in [-0.3, -0.25) is 9.88 Å². The van der Waals surface area contributed by atoms with Crippen LogP contribution in [0.1, 0.15) is 36.1 Å². The van der Waals surface area contributed by atoms with Crippen LogP contribution in [0.5, 0.6) is 0 Å². The van der Waals surface area contributed by atoms with Crippen LogP contribution in [-0.4, -0.2) is 22.7 Å². The topological polar surface area (TPSA) is 44.6 Å². The van der Waals surface area contributed by atoms with Crippen LogP contribution in [0.3, 0.4) is 0 Å². The van der Waals surface area contributed by atoms with Crippen molar-refractivity contribution >= 4 is 45.1 Å². The quantitative estimate of drug-likeness (QED) is 0.205. The van der Waals surface area contributed by atoms with Crippen molar-refractivity contribution in [1.82, 2.24) is 15.2 Å². The molecule has 11 rings (SSSR count). The summed E-state index contributed by atoms with van der Waals surface area (Å²) in [6.45, 7) is 0. The molecule has 4 aromatic carbocycles. The van der Waals surface area contributed by atoms with Crippen molar-refractivity contribution in [3.8, 4) is 0 Å². The van der Waals surface area contributed by atoms with Crippen LogP contribution in [0.15, 0.2) is 168 Å². The van der Waals surface area contributed by atoms with Gasteiger partial charge in [0.25, 0.3) is 0 Å². The van der Waals surface area contributed by atoms with E-state index in [9.17, 15) is 0 Å². The summed E-state index contributed by atoms with van der Waals surface area (Å²) in [7, 11) is 0. The number of para-hydroxylation sites is 2. The molecule has 6 aliphatic rings. The number of rotatable bonds is 3. The maximum Gasteiger partial charge on any atom is 0.206 e. The fourth-order valence-corrected chi connectivity index (χ4v) is 9.54. The standard InChI is InChI=1S/C47H39N5/c1-2-16-31(17-3-1)45-48-46(37-25-14-19-30-15-4-6-20-33(30)37)50-47(49-45)52-41-28-13-10-24-38(41)43-42(52)29-32-18-5-7-21-34(32)44(43)51-39-26-11-8-22-35(39)36-23-9-12-27-40(36)51/h1-16,18-20,22-29,31,34-35,39,45-46,48H,17,21H2,(H,49,50). The maximum atomic E-state index is 5.59. The number of nitrogens with one attached hydrogen (secondary N) is 2. The molecule has 0 bridgehead atoms. The van der Waals surface area contributed by atoms with Crippen molar-refractivity contribution in [3.63, 3.8) is 0 Å². The Morgan fingerprint density at radius 1 is 0.692 bits per heavy atom. The van der Waals surface area contributed by atoms with E-state index in [4.69, 9.17) is 4.99 Å². The summed E-state index contributed by atoms with van der Waals surface area (Å²) in [6, 6.07) is 33.5. The average molecular weight is 674 g/mol. The van der Waals surface area contributed by atoms with Crippen molar-refractivity contribution in [1.29, 1.82) is 0 Å². The zero-order valence-corrected chi connectivity index (χ0v) is 28.8. The number of nitrogens with zero attached hydrogens (tertiary/aromatic N) is 3. The molecule has 2 aliphatic heterocycles. The first-order chi connectivity index (χ1) is 25.8. The summed E-state index contributed by atoms with van der Waals surface area (Å²) in [5.74, 6) is 1.72. The van der Waals surface area contributed by atoms with Gasteiger partial charge in [-0.05, 0) is 58.5 Å². The van der Waals surface area contributed by atoms with E-state index in [1.807, 2.05) is 0 Å². The van der Waals surface area contributed by atoms with E-state index in [2.05, 4.69) is 184 Å². The van der Waals surface area contributed by atoms with Crippen molar-refractivity contribution in [3.05, 3.63) is 185 Å². The molecule has 5 nitrogen and oxygen atoms in total. The highest BCUT2D eigenvalue weighted by atomic mass is 15.4. The lowest BCUT2D eigenvalue weighted by atomic mass is 9.83. The molecule has 0 saturated heterocycles. The molecule has 2 N–H and O–H groups in total. The number of fused-ring (bicyclic) bond motifs is 8. The summed E-state index contributed by atoms with van der Waals surface area (Å²) >= 11 is 0. The molecule has 0 fully saturated rings. The van der Waals surface area contributed by atoms with Crippen LogP contribution in [0, 0.1) is 11.8 Å². The molecular weight excluding hydrogens is 635 g/mol. The van der Waals surface area contributed by atoms with Gasteiger partial charge in [-0.1, -0.05) is 146 Å². The summed E-state index contributed by atoms with van der Waals surface area (Å²) in [5.41, 5.74) is 7.81. The minimum absolute atomic E-state index is 0.0171. The first-order valence-electron chi connectivity index (χ1n) is 18.7. The molecule has 0 saturated carbocycles. The van der Waals surface area contributed by atoms with Crippen molar-refractivity contribution in [2.75, 3.05) is 4.90 Å². The average Bonchev–Trinajstić information content (AvgIpc) is 3.72. The summed E-state index contributed by atoms with van der Waals surface area (Å²) in [5, 5.41) is 14.1. The first kappa shape index (κ1) is 29.8. The smallest absolute Gasteiger partial charge is 0.206 e. The Bertz CT molecular complexity index is 2640. The van der Waals surface area contributed by atoms with Crippen molar-refractivity contribution in [2.45, 2.75) is 37.1 Å². The summed E-state index contributed by atoms with van der Waals surface area (Å²) in [4.78, 5) is 8.27. The molecule has 0 amide bonds. The third-order valence-electron chi connectivity index (χ3n) is 11.9. The molecular formula is C47H39N5. The highest BCUT2D eigenvalue weighted by molar-refractivity contribution is 5.99. The fraction of sp³-hybridized carbons (Fsp3) is 0.170. The predicted molar refractivity (Wildman–Crippen MR) is 214 cm³/mol. The zero-order valence-electron chi connectivity index (χ0n) is 28.8. The van der Waals surface area contributed by atoms with Gasteiger partial charge in [-0.15, -0.1) is 0 Å². The lowest BCUT2D eigenvalue weighted by molar-refractivity contribution is 0.325. The molecule has 252 valence electrons. The minimum Gasteiger partial charge on any atom is -0.340 e. The molecule has 5 aromatic rings. The SMILES string of the molecule is C1=CCC2C(=C1)C=c1c(c3ccccc3n1C1=NC(c3cccc4ccccc34)NC(C3C=CC=CC3)N1)=C2N1c2ccccc2C2C=CC=CC21. The highest BCUT2D eigenvalue weighted by Crippen LogP contribution is 2.49. The molecule has 1 aromatic heterocycles. The lowest BCUT2D eigenvalue weighted by Gasteiger charge is -2.38. The van der Waals surface area contributed by atoms with Gasteiger partial charge in [-0.25, -0.2) is 4.99 Å². The Balaban J connectivity index is 1.19. The molecule has 0 spiro atoms. The van der Waals surface area contributed by atoms with Crippen LogP contribution in [-0.2, 0) is 0 Å². The van der Waals surface area contributed by atoms with Crippen LogP contribution in [0.25, 0.3) is 33.4 Å². The van der Waals surface area contributed by atoms with E-state index in [0.717, 1.165) is 18.8 Å². The molecule has 0 radical (unpaired) electrons. The molecule has 52 heavy (non-hydrogen) atoms. The molecule has 4 aliphatic carbocycles. The highest BCUT2D eigenvalue weighted by Gasteiger charge is 2.42. The van der Waals surface area contributed by atoms with Gasteiger partial charge in [0.05, 0.1) is 23.1 Å². The number of aromatic nitrogens is 1. The number of hydrogen-bond acceptors (Lipinski definition) is 4. The van der Waals surface area contributed by atoms with Gasteiger partial charge >= 0.3 is 0 Å². The van der Waals surface area contributed by atoms with Gasteiger partial charge in [-0.2, -0.15) is 0 Å². The summed E-state index contributed by atoms with van der Waals surface area (Å²) in [6.07, 6.45) is 29.2. The Morgan fingerprint density at radius 2 is 1.48 bits per heavy atom. The van der Waals surface area contributed by atoms with E-state index < -0.39 is 0 Å². The molecule has 6 unspecified atom stereocenters. The van der Waals surface area contributed by atoms with E-state index in [0.29, 0.717) is 5.92 Å². The second kappa shape index (κ2) is 11.8. The second-order valence-corrected chi connectivity index (χ2v) is 14.7. The van der Waals surface area contributed by atoms with Gasteiger partial charge in [0.15, 0.2) is 0 Å². The minimum atomic E-state index is -0.231. The van der Waals surface area contributed by atoms with Gasteiger partial charge < -0.3 is 10.2 Å². The maximum absolute atomic E-state index is 5.59.